The highest BCUT2D eigenvalue weighted by atomic mass is 19.1. The summed E-state index contributed by atoms with van der Waals surface area (Å²) in [5.41, 5.74) is 7.63. The van der Waals surface area contributed by atoms with Crippen LogP contribution in [0.2, 0.25) is 0 Å². The summed E-state index contributed by atoms with van der Waals surface area (Å²) in [6.07, 6.45) is 0. The van der Waals surface area contributed by atoms with E-state index >= 15 is 0 Å². The summed E-state index contributed by atoms with van der Waals surface area (Å²) in [5, 5.41) is 2.53. The highest BCUT2D eigenvalue weighted by Gasteiger charge is 2.12. The Balaban J connectivity index is 1.97. The molecule has 0 aliphatic rings. The lowest BCUT2D eigenvalue weighted by molar-refractivity contribution is -0.118. The summed E-state index contributed by atoms with van der Waals surface area (Å²) in [6, 6.07) is 8.34. The van der Waals surface area contributed by atoms with Gasteiger partial charge in [-0.2, -0.15) is 0 Å². The molecular formula is C15H14F2N2O2. The van der Waals surface area contributed by atoms with Crippen LogP contribution in [0.4, 0.5) is 20.2 Å². The Morgan fingerprint density at radius 2 is 1.90 bits per heavy atom. The van der Waals surface area contributed by atoms with Crippen LogP contribution in [0.25, 0.3) is 0 Å². The van der Waals surface area contributed by atoms with Crippen molar-refractivity contribution in [3.63, 3.8) is 0 Å². The zero-order chi connectivity index (χ0) is 15.4. The van der Waals surface area contributed by atoms with E-state index in [4.69, 9.17) is 10.5 Å². The lowest BCUT2D eigenvalue weighted by atomic mass is 10.2. The number of hydrogen-bond acceptors (Lipinski definition) is 3. The minimum atomic E-state index is -0.859. The van der Waals surface area contributed by atoms with Crippen molar-refractivity contribution in [3.8, 4) is 5.75 Å². The predicted octanol–water partition coefficient (Wildman–Crippen LogP) is 2.87. The van der Waals surface area contributed by atoms with Gasteiger partial charge in [-0.15, -0.1) is 0 Å². The third kappa shape index (κ3) is 3.68. The molecular weight excluding hydrogens is 278 g/mol. The first-order chi connectivity index (χ1) is 9.97. The highest BCUT2D eigenvalue weighted by molar-refractivity contribution is 5.92. The number of carbonyl (C=O) groups is 1. The summed E-state index contributed by atoms with van der Waals surface area (Å²) in [7, 11) is 0. The molecule has 0 atom stereocenters. The van der Waals surface area contributed by atoms with Gasteiger partial charge in [0.05, 0.1) is 0 Å². The summed E-state index contributed by atoms with van der Waals surface area (Å²) in [6.45, 7) is 1.33. The number of ether oxygens (including phenoxy) is 1. The van der Waals surface area contributed by atoms with Gasteiger partial charge in [0.15, 0.2) is 24.0 Å². The number of benzene rings is 2. The molecule has 4 nitrogen and oxygen atoms in total. The first-order valence-corrected chi connectivity index (χ1v) is 6.20. The highest BCUT2D eigenvalue weighted by Crippen LogP contribution is 2.21. The lowest BCUT2D eigenvalue weighted by Crippen LogP contribution is -2.21. The summed E-state index contributed by atoms with van der Waals surface area (Å²) >= 11 is 0. The minimum absolute atomic E-state index is 0.487. The normalized spacial score (nSPS) is 10.2. The van der Waals surface area contributed by atoms with Crippen molar-refractivity contribution in [1.82, 2.24) is 0 Å². The number of anilines is 2. The number of amides is 1. The van der Waals surface area contributed by atoms with Gasteiger partial charge in [0.1, 0.15) is 0 Å². The monoisotopic (exact) mass is 292 g/mol. The van der Waals surface area contributed by atoms with Crippen molar-refractivity contribution in [2.75, 3.05) is 17.7 Å². The Labute approximate surface area is 120 Å². The Morgan fingerprint density at radius 1 is 1.24 bits per heavy atom. The van der Waals surface area contributed by atoms with Crippen molar-refractivity contribution in [2.45, 2.75) is 6.92 Å². The van der Waals surface area contributed by atoms with Crippen LogP contribution >= 0.6 is 0 Å². The second-order valence-corrected chi connectivity index (χ2v) is 4.46. The molecule has 3 N–H and O–H groups in total. The van der Waals surface area contributed by atoms with Crippen LogP contribution in [0.5, 0.6) is 5.75 Å². The third-order valence-electron chi connectivity index (χ3n) is 2.83. The molecule has 0 aromatic heterocycles. The van der Waals surface area contributed by atoms with Crippen molar-refractivity contribution in [2.24, 2.45) is 0 Å². The maximum Gasteiger partial charge on any atom is 0.262 e. The van der Waals surface area contributed by atoms with E-state index in [2.05, 4.69) is 5.32 Å². The number of nitrogens with two attached hydrogens (primary N) is 1. The predicted molar refractivity (Wildman–Crippen MR) is 76.1 cm³/mol. The molecule has 2 aromatic rings. The van der Waals surface area contributed by atoms with Gasteiger partial charge in [-0.3, -0.25) is 4.79 Å². The van der Waals surface area contributed by atoms with Gasteiger partial charge in [-0.25, -0.2) is 8.78 Å². The number of hydrogen-bond donors (Lipinski definition) is 2. The summed E-state index contributed by atoms with van der Waals surface area (Å²) in [5.74, 6) is -2.83. The van der Waals surface area contributed by atoms with E-state index in [-0.39, 0.29) is 0 Å². The number of nitrogens with one attached hydrogen (secondary N) is 1. The van der Waals surface area contributed by atoms with E-state index in [1.165, 1.54) is 6.07 Å². The summed E-state index contributed by atoms with van der Waals surface area (Å²) in [4.78, 5) is 11.7. The molecule has 6 heteroatoms. The average molecular weight is 292 g/mol. The van der Waals surface area contributed by atoms with Crippen LogP contribution in [0.3, 0.4) is 0 Å². The number of nitrogen functional groups attached to an aromatic ring is 1. The van der Waals surface area contributed by atoms with Gasteiger partial charge < -0.3 is 15.8 Å². The molecule has 0 heterocycles. The number of halogens is 2. The molecule has 0 aliphatic heterocycles. The van der Waals surface area contributed by atoms with Crippen molar-refractivity contribution >= 4 is 17.3 Å². The van der Waals surface area contributed by atoms with Gasteiger partial charge in [-0.05, 0) is 36.8 Å². The topological polar surface area (TPSA) is 64.3 Å². The fraction of sp³-hybridized carbons (Fsp3) is 0.133. The minimum Gasteiger partial charge on any atom is -0.478 e. The van der Waals surface area contributed by atoms with Crippen LogP contribution in [0.15, 0.2) is 36.4 Å². The van der Waals surface area contributed by atoms with Gasteiger partial charge >= 0.3 is 0 Å². The molecule has 0 aliphatic carbocycles. The maximum absolute atomic E-state index is 13.3. The molecule has 0 bridgehead atoms. The second kappa shape index (κ2) is 6.21. The van der Waals surface area contributed by atoms with Gasteiger partial charge in [-0.1, -0.05) is 12.1 Å². The number of rotatable bonds is 4. The first kappa shape index (κ1) is 14.8. The van der Waals surface area contributed by atoms with E-state index in [1.54, 1.807) is 18.2 Å². The van der Waals surface area contributed by atoms with Crippen molar-refractivity contribution < 1.29 is 18.3 Å². The molecule has 0 radical (unpaired) electrons. The van der Waals surface area contributed by atoms with E-state index < -0.39 is 29.9 Å². The molecule has 1 amide bonds. The standard InChI is InChI=1S/C15H14F2N2O2/c1-9-5-6-10(7-13(9)18)19-14(20)8-21-15-11(16)3-2-4-12(15)17/h2-7H,8,18H2,1H3,(H,19,20). The Bertz CT molecular complexity index is 654. The largest absolute Gasteiger partial charge is 0.478 e. The molecule has 0 unspecified atom stereocenters. The molecule has 21 heavy (non-hydrogen) atoms. The van der Waals surface area contributed by atoms with Crippen LogP contribution < -0.4 is 15.8 Å². The second-order valence-electron chi connectivity index (χ2n) is 4.46. The zero-order valence-electron chi connectivity index (χ0n) is 11.3. The van der Waals surface area contributed by atoms with E-state index in [0.717, 1.165) is 17.7 Å². The zero-order valence-corrected chi connectivity index (χ0v) is 11.3. The van der Waals surface area contributed by atoms with Crippen LogP contribution in [-0.4, -0.2) is 12.5 Å². The Morgan fingerprint density at radius 3 is 2.52 bits per heavy atom. The SMILES string of the molecule is Cc1ccc(NC(=O)COc2c(F)cccc2F)cc1N. The molecule has 0 saturated heterocycles. The van der Waals surface area contributed by atoms with E-state index in [1.807, 2.05) is 6.92 Å². The quantitative estimate of drug-likeness (QED) is 0.852. The fourth-order valence-corrected chi connectivity index (χ4v) is 1.67. The molecule has 2 aromatic carbocycles. The molecule has 0 spiro atoms. The summed E-state index contributed by atoms with van der Waals surface area (Å²) < 4.78 is 31.5. The van der Waals surface area contributed by atoms with Gasteiger partial charge in [0.25, 0.3) is 5.91 Å². The fourth-order valence-electron chi connectivity index (χ4n) is 1.67. The number of carbonyl (C=O) groups excluding carboxylic acids is 1. The molecule has 2 rings (SSSR count). The van der Waals surface area contributed by atoms with Crippen LogP contribution in [-0.2, 0) is 4.79 Å². The number of aryl methyl sites for hydroxylation is 1. The van der Waals surface area contributed by atoms with E-state index in [9.17, 15) is 13.6 Å². The molecule has 0 saturated carbocycles. The van der Waals surface area contributed by atoms with Crippen LogP contribution in [0.1, 0.15) is 5.56 Å². The molecule has 0 fully saturated rings. The Hall–Kier alpha value is -2.63. The third-order valence-corrected chi connectivity index (χ3v) is 2.83. The van der Waals surface area contributed by atoms with E-state index in [0.29, 0.717) is 11.4 Å². The number of para-hydroxylation sites is 1. The van der Waals surface area contributed by atoms with Gasteiger partial charge in [0, 0.05) is 11.4 Å². The van der Waals surface area contributed by atoms with Crippen LogP contribution in [0, 0.1) is 18.6 Å². The first-order valence-electron chi connectivity index (χ1n) is 6.20. The maximum atomic E-state index is 13.3. The van der Waals surface area contributed by atoms with Gasteiger partial charge in [0.2, 0.25) is 0 Å². The Kier molecular flexibility index (Phi) is 4.37. The average Bonchev–Trinajstić information content (AvgIpc) is 2.42. The van der Waals surface area contributed by atoms with Crippen molar-refractivity contribution in [3.05, 3.63) is 53.6 Å². The smallest absolute Gasteiger partial charge is 0.262 e. The lowest BCUT2D eigenvalue weighted by Gasteiger charge is -2.10. The molecule has 110 valence electrons. The van der Waals surface area contributed by atoms with Crippen molar-refractivity contribution in [1.29, 1.82) is 0 Å².